The summed E-state index contributed by atoms with van der Waals surface area (Å²) in [4.78, 5) is 17.8. The van der Waals surface area contributed by atoms with Gasteiger partial charge in [-0.05, 0) is 44.0 Å². The molecule has 2 aromatic carbocycles. The first-order valence-electron chi connectivity index (χ1n) is 11.1. The van der Waals surface area contributed by atoms with Gasteiger partial charge in [0.2, 0.25) is 11.1 Å². The van der Waals surface area contributed by atoms with Crippen LogP contribution in [0, 0.1) is 0 Å². The summed E-state index contributed by atoms with van der Waals surface area (Å²) in [6.45, 7) is 9.57. The van der Waals surface area contributed by atoms with Gasteiger partial charge in [-0.25, -0.2) is 9.48 Å². The van der Waals surface area contributed by atoms with Gasteiger partial charge in [-0.1, -0.05) is 66.9 Å². The van der Waals surface area contributed by atoms with Crippen LogP contribution in [0.25, 0.3) is 0 Å². The van der Waals surface area contributed by atoms with E-state index in [1.54, 1.807) is 22.5 Å². The Morgan fingerprint density at radius 2 is 2.03 bits per heavy atom. The van der Waals surface area contributed by atoms with Crippen LogP contribution in [0.3, 0.4) is 0 Å². The molecule has 1 aliphatic rings. The Morgan fingerprint density at radius 3 is 2.76 bits per heavy atom. The Labute approximate surface area is 203 Å². The van der Waals surface area contributed by atoms with Crippen molar-refractivity contribution < 1.29 is 14.3 Å². The topological polar surface area (TPSA) is 78.3 Å². The van der Waals surface area contributed by atoms with E-state index in [-0.39, 0.29) is 12.7 Å². The number of hydrogen-bond donors (Lipinski definition) is 1. The third kappa shape index (κ3) is 5.34. The smallest absolute Gasteiger partial charge is 0.338 e. The normalized spacial score (nSPS) is 15.0. The van der Waals surface area contributed by atoms with Gasteiger partial charge in [0.25, 0.3) is 0 Å². The van der Waals surface area contributed by atoms with Crippen molar-refractivity contribution in [3.05, 3.63) is 89.6 Å². The molecule has 176 valence electrons. The lowest BCUT2D eigenvalue weighted by atomic mass is 9.95. The largest absolute Gasteiger partial charge is 0.491 e. The summed E-state index contributed by atoms with van der Waals surface area (Å²) in [7, 11) is 0. The molecule has 1 aromatic heterocycles. The molecule has 8 heteroatoms. The molecule has 0 fully saturated rings. The van der Waals surface area contributed by atoms with E-state index in [9.17, 15) is 4.79 Å². The summed E-state index contributed by atoms with van der Waals surface area (Å²) < 4.78 is 13.1. The monoisotopic (exact) mass is 476 g/mol. The van der Waals surface area contributed by atoms with Crippen LogP contribution in [-0.2, 0) is 15.3 Å². The minimum Gasteiger partial charge on any atom is -0.491 e. The van der Waals surface area contributed by atoms with Crippen molar-refractivity contribution in [2.75, 3.05) is 11.9 Å². The number of ether oxygens (including phenoxy) is 2. The molecular weight excluding hydrogens is 448 g/mol. The Kier molecular flexibility index (Phi) is 7.37. The Bertz CT molecular complexity index is 1200. The fourth-order valence-electron chi connectivity index (χ4n) is 3.73. The minimum atomic E-state index is -0.511. The minimum absolute atomic E-state index is 0.0282. The van der Waals surface area contributed by atoms with E-state index in [1.807, 2.05) is 63.2 Å². The fraction of sp³-hybridized carbons (Fsp3) is 0.269. The summed E-state index contributed by atoms with van der Waals surface area (Å²) in [5.74, 6) is 1.62. The molecule has 0 radical (unpaired) electrons. The molecule has 7 nitrogen and oxygen atoms in total. The summed E-state index contributed by atoms with van der Waals surface area (Å²) >= 11 is 1.54. The number of carbonyl (C=O) groups excluding carboxylic acids is 1. The third-order valence-corrected chi connectivity index (χ3v) is 6.05. The van der Waals surface area contributed by atoms with Crippen LogP contribution in [0.5, 0.6) is 5.75 Å². The Balaban J connectivity index is 1.71. The second-order valence-electron chi connectivity index (χ2n) is 8.13. The van der Waals surface area contributed by atoms with Crippen molar-refractivity contribution in [1.29, 1.82) is 0 Å². The average molecular weight is 477 g/mol. The van der Waals surface area contributed by atoms with E-state index < -0.39 is 12.0 Å². The predicted octanol–water partition coefficient (Wildman–Crippen LogP) is 5.38. The highest BCUT2D eigenvalue weighted by molar-refractivity contribution is 7.98. The van der Waals surface area contributed by atoms with E-state index in [0.29, 0.717) is 22.4 Å². The number of allylic oxidation sites excluding steroid dienone is 1. The van der Waals surface area contributed by atoms with Crippen LogP contribution in [0.2, 0.25) is 0 Å². The summed E-state index contributed by atoms with van der Waals surface area (Å²) in [5, 5.41) is 8.62. The van der Waals surface area contributed by atoms with Crippen molar-refractivity contribution >= 4 is 23.7 Å². The number of anilines is 1. The number of fused-ring (bicyclic) bond motifs is 1. The zero-order valence-electron chi connectivity index (χ0n) is 19.5. The number of nitrogens with one attached hydrogen (secondary N) is 1. The van der Waals surface area contributed by atoms with E-state index in [1.165, 1.54) is 5.56 Å². The zero-order chi connectivity index (χ0) is 24.1. The summed E-state index contributed by atoms with van der Waals surface area (Å²) in [5.41, 5.74) is 3.19. The molecular formula is C26H28N4O3S. The zero-order valence-corrected chi connectivity index (χ0v) is 20.3. The maximum Gasteiger partial charge on any atom is 0.338 e. The lowest BCUT2D eigenvalue weighted by Gasteiger charge is -2.28. The first kappa shape index (κ1) is 23.6. The molecule has 34 heavy (non-hydrogen) atoms. The number of hydrogen-bond acceptors (Lipinski definition) is 7. The Morgan fingerprint density at radius 1 is 1.24 bits per heavy atom. The van der Waals surface area contributed by atoms with Crippen LogP contribution in [0.4, 0.5) is 5.95 Å². The van der Waals surface area contributed by atoms with Crippen LogP contribution in [0.1, 0.15) is 37.9 Å². The lowest BCUT2D eigenvalue weighted by Crippen LogP contribution is -2.29. The number of thioether (sulfide) groups is 1. The SMILES string of the molecule is C=CCOC(=O)C1=C(C)Nc2nc(SCc3ccccc3)nn2C1c1cccc(OC(C)C)c1. The van der Waals surface area contributed by atoms with Crippen LogP contribution < -0.4 is 10.1 Å². The number of benzene rings is 2. The van der Waals surface area contributed by atoms with Gasteiger partial charge >= 0.3 is 5.97 Å². The molecule has 1 aliphatic heterocycles. The molecule has 4 rings (SSSR count). The van der Waals surface area contributed by atoms with E-state index in [4.69, 9.17) is 14.6 Å². The van der Waals surface area contributed by atoms with Gasteiger partial charge in [-0.3, -0.25) is 0 Å². The van der Waals surface area contributed by atoms with Crippen LogP contribution >= 0.6 is 11.8 Å². The fourth-order valence-corrected chi connectivity index (χ4v) is 4.51. The molecule has 0 saturated heterocycles. The van der Waals surface area contributed by atoms with Crippen molar-refractivity contribution in [3.63, 3.8) is 0 Å². The van der Waals surface area contributed by atoms with E-state index in [0.717, 1.165) is 17.1 Å². The predicted molar refractivity (Wildman–Crippen MR) is 134 cm³/mol. The van der Waals surface area contributed by atoms with Crippen LogP contribution in [0.15, 0.2) is 83.7 Å². The first-order valence-corrected chi connectivity index (χ1v) is 12.1. The maximum atomic E-state index is 13.1. The molecule has 0 aliphatic carbocycles. The average Bonchev–Trinajstić information content (AvgIpc) is 3.23. The van der Waals surface area contributed by atoms with Gasteiger partial charge in [0.15, 0.2) is 0 Å². The highest BCUT2D eigenvalue weighted by Crippen LogP contribution is 2.38. The highest BCUT2D eigenvalue weighted by atomic mass is 32.2. The standard InChI is InChI=1S/C26H28N4O3S/c1-5-14-32-24(31)22-18(4)27-25-28-26(34-16-19-10-7-6-8-11-19)29-30(25)23(22)20-12-9-13-21(15-20)33-17(2)3/h5-13,15,17,23H,1,14,16H2,2-4H3,(H,27,28,29). The molecule has 0 bridgehead atoms. The first-order chi connectivity index (χ1) is 16.5. The van der Waals surface area contributed by atoms with Gasteiger partial charge in [0, 0.05) is 11.4 Å². The molecule has 0 saturated carbocycles. The molecule has 0 spiro atoms. The van der Waals surface area contributed by atoms with Gasteiger partial charge in [0.1, 0.15) is 18.4 Å². The summed E-state index contributed by atoms with van der Waals surface area (Å²) in [6.07, 6.45) is 1.58. The maximum absolute atomic E-state index is 13.1. The molecule has 3 aromatic rings. The van der Waals surface area contributed by atoms with Gasteiger partial charge in [-0.2, -0.15) is 4.98 Å². The van der Waals surface area contributed by atoms with Crippen molar-refractivity contribution in [1.82, 2.24) is 14.8 Å². The molecule has 2 heterocycles. The molecule has 1 unspecified atom stereocenters. The van der Waals surface area contributed by atoms with Crippen LogP contribution in [-0.4, -0.2) is 33.4 Å². The van der Waals surface area contributed by atoms with E-state index in [2.05, 4.69) is 29.0 Å². The van der Waals surface area contributed by atoms with Gasteiger partial charge < -0.3 is 14.8 Å². The van der Waals surface area contributed by atoms with E-state index >= 15 is 0 Å². The quantitative estimate of drug-likeness (QED) is 0.252. The van der Waals surface area contributed by atoms with Crippen molar-refractivity contribution in [2.24, 2.45) is 0 Å². The molecule has 1 atom stereocenters. The second kappa shape index (κ2) is 10.6. The van der Waals surface area contributed by atoms with Gasteiger partial charge in [-0.15, -0.1) is 5.10 Å². The number of aromatic nitrogens is 3. The molecule has 1 N–H and O–H groups in total. The number of esters is 1. The molecule has 0 amide bonds. The Hall–Kier alpha value is -3.52. The number of rotatable bonds is 9. The lowest BCUT2D eigenvalue weighted by molar-refractivity contribution is -0.138. The third-order valence-electron chi connectivity index (χ3n) is 5.14. The van der Waals surface area contributed by atoms with Crippen molar-refractivity contribution in [3.8, 4) is 5.75 Å². The highest BCUT2D eigenvalue weighted by Gasteiger charge is 2.35. The second-order valence-corrected chi connectivity index (χ2v) is 9.07. The van der Waals surface area contributed by atoms with Gasteiger partial charge in [0.05, 0.1) is 11.7 Å². The summed E-state index contributed by atoms with van der Waals surface area (Å²) in [6, 6.07) is 17.4. The number of nitrogens with zero attached hydrogens (tertiary/aromatic N) is 3. The van der Waals surface area contributed by atoms with Crippen molar-refractivity contribution in [2.45, 2.75) is 43.8 Å². The number of carbonyl (C=O) groups is 1.